The maximum absolute atomic E-state index is 12.2. The van der Waals surface area contributed by atoms with Gasteiger partial charge in [0.15, 0.2) is 12.9 Å². The molecule has 6 nitrogen and oxygen atoms in total. The van der Waals surface area contributed by atoms with Gasteiger partial charge in [-0.3, -0.25) is 9.59 Å². The third-order valence-electron chi connectivity index (χ3n) is 6.84. The summed E-state index contributed by atoms with van der Waals surface area (Å²) in [5.74, 6) is -0.835. The Balaban J connectivity index is 2.37. The molecular formula is C25H31ClO6. The smallest absolute Gasteiger partial charge is 0.341 e. The van der Waals surface area contributed by atoms with Gasteiger partial charge in [-0.2, -0.15) is 0 Å². The van der Waals surface area contributed by atoms with Crippen molar-refractivity contribution in [3.8, 4) is 11.5 Å². The summed E-state index contributed by atoms with van der Waals surface area (Å²) in [6, 6.07) is 0. The number of Topliss-reactive ketones (excluding diaryl/α,β-unsaturated/α-hetero) is 1. The molecule has 0 radical (unpaired) electrons. The largest absolute Gasteiger partial charge is 0.507 e. The van der Waals surface area contributed by atoms with Crippen LogP contribution in [0.25, 0.3) is 0 Å². The van der Waals surface area contributed by atoms with E-state index < -0.39 is 12.6 Å². The van der Waals surface area contributed by atoms with Gasteiger partial charge in [0, 0.05) is 17.9 Å². The molecule has 0 aromatic heterocycles. The summed E-state index contributed by atoms with van der Waals surface area (Å²) in [7, 11) is 0. The van der Waals surface area contributed by atoms with E-state index >= 15 is 0 Å². The Morgan fingerprint density at radius 1 is 1.34 bits per heavy atom. The number of aldehydes is 1. The molecule has 0 saturated heterocycles. The van der Waals surface area contributed by atoms with E-state index in [-0.39, 0.29) is 51.2 Å². The van der Waals surface area contributed by atoms with Gasteiger partial charge in [-0.15, -0.1) is 0 Å². The summed E-state index contributed by atoms with van der Waals surface area (Å²) < 4.78 is 5.34. The van der Waals surface area contributed by atoms with Crippen LogP contribution in [-0.2, 0) is 16.0 Å². The van der Waals surface area contributed by atoms with E-state index in [1.165, 1.54) is 0 Å². The molecule has 0 aliphatic heterocycles. The van der Waals surface area contributed by atoms with Crippen LogP contribution < -0.4 is 4.74 Å². The van der Waals surface area contributed by atoms with Crippen LogP contribution >= 0.6 is 11.6 Å². The van der Waals surface area contributed by atoms with Gasteiger partial charge in [-0.05, 0) is 43.6 Å². The van der Waals surface area contributed by atoms with Crippen molar-refractivity contribution in [2.24, 2.45) is 17.3 Å². The second kappa shape index (κ2) is 10.3. The number of aliphatic carboxylic acids is 1. The van der Waals surface area contributed by atoms with Crippen LogP contribution in [0, 0.1) is 24.2 Å². The van der Waals surface area contributed by atoms with Gasteiger partial charge in [0.2, 0.25) is 0 Å². The van der Waals surface area contributed by atoms with Crippen LogP contribution in [0.3, 0.4) is 0 Å². The first-order chi connectivity index (χ1) is 14.9. The van der Waals surface area contributed by atoms with E-state index in [2.05, 4.69) is 19.9 Å². The molecule has 0 spiro atoms. The zero-order chi connectivity index (χ0) is 24.2. The van der Waals surface area contributed by atoms with Crippen LogP contribution in [0.15, 0.2) is 23.8 Å². The van der Waals surface area contributed by atoms with Gasteiger partial charge in [0.1, 0.15) is 17.3 Å². The predicted octanol–water partition coefficient (Wildman–Crippen LogP) is 5.32. The number of hydrogen-bond donors (Lipinski definition) is 2. The molecule has 1 aromatic carbocycles. The fourth-order valence-corrected chi connectivity index (χ4v) is 4.37. The third kappa shape index (κ3) is 5.23. The van der Waals surface area contributed by atoms with Crippen molar-refractivity contribution in [3.05, 3.63) is 45.5 Å². The molecule has 2 N–H and O–H groups in total. The van der Waals surface area contributed by atoms with Gasteiger partial charge in [0.05, 0.1) is 10.6 Å². The van der Waals surface area contributed by atoms with Gasteiger partial charge < -0.3 is 14.9 Å². The molecular weight excluding hydrogens is 432 g/mol. The number of halogens is 1. The van der Waals surface area contributed by atoms with Crippen molar-refractivity contribution < 1.29 is 29.3 Å². The van der Waals surface area contributed by atoms with Gasteiger partial charge in [0.25, 0.3) is 0 Å². The lowest BCUT2D eigenvalue weighted by Gasteiger charge is -2.42. The molecule has 174 valence electrons. The second-order valence-corrected chi connectivity index (χ2v) is 9.17. The Labute approximate surface area is 193 Å². The lowest BCUT2D eigenvalue weighted by Crippen LogP contribution is -2.40. The number of phenols is 1. The molecule has 2 rings (SSSR count). The second-order valence-electron chi connectivity index (χ2n) is 8.79. The minimum atomic E-state index is -1.18. The number of ether oxygens (including phenoxy) is 1. The van der Waals surface area contributed by atoms with Crippen LogP contribution in [0.2, 0.25) is 5.02 Å². The minimum Gasteiger partial charge on any atom is -0.507 e. The number of carbonyl (C=O) groups excluding carboxylic acids is 2. The summed E-state index contributed by atoms with van der Waals surface area (Å²) in [6.07, 6.45) is 8.04. The number of phenolic OH excluding ortho intramolecular Hbond substituents is 1. The first kappa shape index (κ1) is 25.7. The molecule has 7 heteroatoms. The fourth-order valence-electron chi connectivity index (χ4n) is 4.10. The summed E-state index contributed by atoms with van der Waals surface area (Å²) in [5.41, 5.74) is 1.25. The molecule has 1 aromatic rings. The zero-order valence-corrected chi connectivity index (χ0v) is 20.0. The summed E-state index contributed by atoms with van der Waals surface area (Å²) in [6.45, 7) is 9.05. The fraction of sp³-hybridized carbons (Fsp3) is 0.480. The molecule has 0 unspecified atom stereocenters. The molecule has 1 aliphatic carbocycles. The van der Waals surface area contributed by atoms with Crippen LogP contribution in [0.1, 0.15) is 62.0 Å². The Bertz CT molecular complexity index is 977. The molecule has 0 amide bonds. The number of ketones is 1. The molecule has 1 fully saturated rings. The highest BCUT2D eigenvalue weighted by atomic mass is 35.5. The van der Waals surface area contributed by atoms with Crippen LogP contribution in [0.5, 0.6) is 11.5 Å². The van der Waals surface area contributed by atoms with Gasteiger partial charge in [-0.1, -0.05) is 56.2 Å². The third-order valence-corrected chi connectivity index (χ3v) is 7.30. The van der Waals surface area contributed by atoms with Crippen molar-refractivity contribution in [3.63, 3.8) is 0 Å². The number of benzene rings is 1. The van der Waals surface area contributed by atoms with E-state index in [0.717, 1.165) is 12.0 Å². The Morgan fingerprint density at radius 3 is 2.59 bits per heavy atom. The number of carbonyl (C=O) groups is 3. The highest BCUT2D eigenvalue weighted by Gasteiger charge is 2.41. The highest BCUT2D eigenvalue weighted by molar-refractivity contribution is 6.33. The zero-order valence-electron chi connectivity index (χ0n) is 19.2. The van der Waals surface area contributed by atoms with Crippen LogP contribution in [0.4, 0.5) is 0 Å². The Hall–Kier alpha value is -2.60. The maximum Gasteiger partial charge on any atom is 0.341 e. The topological polar surface area (TPSA) is 101 Å². The van der Waals surface area contributed by atoms with Crippen molar-refractivity contribution in [1.82, 2.24) is 0 Å². The highest BCUT2D eigenvalue weighted by Crippen LogP contribution is 2.45. The number of carboxylic acids is 1. The minimum absolute atomic E-state index is 0.0464. The van der Waals surface area contributed by atoms with Crippen molar-refractivity contribution in [1.29, 1.82) is 0 Å². The maximum atomic E-state index is 12.2. The average molecular weight is 463 g/mol. The SMILES string of the molecule is CC(/C=C/[C@]1(C)[C@H](C)C(=O)CC[C@@H]1C)=C\Cc1c(O)c(C=O)c(C)c(Cl)c1OCC(=O)O. The number of hydrogen-bond acceptors (Lipinski definition) is 5. The van der Waals surface area contributed by atoms with E-state index in [1.807, 2.05) is 26.0 Å². The van der Waals surface area contributed by atoms with Gasteiger partial charge in [-0.25, -0.2) is 4.79 Å². The normalized spacial score (nSPS) is 24.1. The number of carboxylic acid groups (broad SMARTS) is 1. The summed E-state index contributed by atoms with van der Waals surface area (Å²) in [5, 5.41) is 19.7. The van der Waals surface area contributed by atoms with Crippen LogP contribution in [-0.4, -0.2) is 34.9 Å². The number of rotatable bonds is 8. The van der Waals surface area contributed by atoms with E-state index in [9.17, 15) is 19.5 Å². The number of allylic oxidation sites excluding steroid dienone is 4. The van der Waals surface area contributed by atoms with E-state index in [1.54, 1.807) is 6.92 Å². The molecule has 3 atom stereocenters. The lowest BCUT2D eigenvalue weighted by atomic mass is 9.61. The van der Waals surface area contributed by atoms with Crippen molar-refractivity contribution in [2.45, 2.75) is 53.9 Å². The number of aromatic hydroxyl groups is 1. The Morgan fingerprint density at radius 2 is 2.00 bits per heavy atom. The average Bonchev–Trinajstić information content (AvgIpc) is 2.74. The van der Waals surface area contributed by atoms with E-state index in [4.69, 9.17) is 21.4 Å². The Kier molecular flexibility index (Phi) is 8.29. The monoisotopic (exact) mass is 462 g/mol. The quantitative estimate of drug-likeness (QED) is 0.400. The predicted molar refractivity (Wildman–Crippen MR) is 124 cm³/mol. The summed E-state index contributed by atoms with van der Waals surface area (Å²) >= 11 is 6.33. The first-order valence-electron chi connectivity index (χ1n) is 10.7. The molecule has 32 heavy (non-hydrogen) atoms. The molecule has 0 heterocycles. The standard InChI is InChI=1S/C25H31ClO6/c1-14(10-11-25(5)15(2)7-9-20(28)17(25)4)6-8-18-23(31)19(12-27)16(3)22(26)24(18)32-13-21(29)30/h6,10-12,15,17,31H,7-9,13H2,1-5H3,(H,29,30)/b11-10+,14-6+/t15-,17+,25-/m0/s1. The molecule has 1 saturated carbocycles. The molecule has 0 bridgehead atoms. The lowest BCUT2D eigenvalue weighted by molar-refractivity contribution is -0.139. The van der Waals surface area contributed by atoms with Crippen molar-refractivity contribution in [2.75, 3.05) is 6.61 Å². The summed E-state index contributed by atoms with van der Waals surface area (Å²) in [4.78, 5) is 34.7. The van der Waals surface area contributed by atoms with Crippen molar-refractivity contribution >= 4 is 29.6 Å². The van der Waals surface area contributed by atoms with Gasteiger partial charge >= 0.3 is 5.97 Å². The van der Waals surface area contributed by atoms with E-state index in [0.29, 0.717) is 24.2 Å². The first-order valence-corrected chi connectivity index (χ1v) is 11.0. The molecule has 1 aliphatic rings.